The van der Waals surface area contributed by atoms with Gasteiger partial charge in [0, 0.05) is 12.5 Å². The van der Waals surface area contributed by atoms with E-state index in [4.69, 9.17) is 5.73 Å². The Morgan fingerprint density at radius 2 is 2.21 bits per heavy atom. The van der Waals surface area contributed by atoms with Crippen molar-refractivity contribution >= 4 is 0 Å². The van der Waals surface area contributed by atoms with Crippen LogP contribution in [0.15, 0.2) is 24.3 Å². The van der Waals surface area contributed by atoms with Gasteiger partial charge in [-0.05, 0) is 43.9 Å². The first-order chi connectivity index (χ1) is 9.22. The van der Waals surface area contributed by atoms with E-state index in [9.17, 15) is 4.39 Å². The molecule has 3 nitrogen and oxygen atoms in total. The van der Waals surface area contributed by atoms with Crippen molar-refractivity contribution in [3.63, 3.8) is 0 Å². The van der Waals surface area contributed by atoms with E-state index in [0.717, 1.165) is 30.7 Å². The summed E-state index contributed by atoms with van der Waals surface area (Å²) >= 11 is 0. The van der Waals surface area contributed by atoms with Crippen LogP contribution in [0.3, 0.4) is 0 Å². The van der Waals surface area contributed by atoms with E-state index in [-0.39, 0.29) is 11.7 Å². The highest BCUT2D eigenvalue weighted by Gasteiger charge is 2.27. The van der Waals surface area contributed by atoms with Crippen LogP contribution in [0.5, 0.6) is 0 Å². The zero-order valence-corrected chi connectivity index (χ0v) is 11.1. The van der Waals surface area contributed by atoms with Gasteiger partial charge in [0.05, 0.1) is 11.4 Å². The Kier molecular flexibility index (Phi) is 3.11. The van der Waals surface area contributed by atoms with Crippen LogP contribution in [0.1, 0.15) is 35.7 Å². The summed E-state index contributed by atoms with van der Waals surface area (Å²) in [4.78, 5) is 0. The molecule has 0 amide bonds. The molecule has 4 heteroatoms. The molecule has 100 valence electrons. The Hall–Kier alpha value is -1.68. The molecule has 0 fully saturated rings. The second-order valence-electron chi connectivity index (χ2n) is 5.14. The predicted octanol–water partition coefficient (Wildman–Crippen LogP) is 2.70. The highest BCUT2D eigenvalue weighted by molar-refractivity contribution is 5.41. The van der Waals surface area contributed by atoms with Gasteiger partial charge in [-0.1, -0.05) is 12.1 Å². The average molecular weight is 259 g/mol. The molecule has 1 atom stereocenters. The summed E-state index contributed by atoms with van der Waals surface area (Å²) in [5, 5.41) is 4.54. The summed E-state index contributed by atoms with van der Waals surface area (Å²) in [5.74, 6) is 0.0405. The number of aryl methyl sites for hydroxylation is 1. The Morgan fingerprint density at radius 1 is 1.42 bits per heavy atom. The molecule has 2 N–H and O–H groups in total. The minimum Gasteiger partial charge on any atom is -0.330 e. The third-order valence-corrected chi connectivity index (χ3v) is 3.96. The number of fused-ring (bicyclic) bond motifs is 1. The topological polar surface area (TPSA) is 43.8 Å². The van der Waals surface area contributed by atoms with Gasteiger partial charge in [0.15, 0.2) is 0 Å². The smallest absolute Gasteiger partial charge is 0.148 e. The van der Waals surface area contributed by atoms with Gasteiger partial charge in [0.2, 0.25) is 0 Å². The van der Waals surface area contributed by atoms with Crippen molar-refractivity contribution in [2.45, 2.75) is 32.1 Å². The standard InChI is InChI=1S/C15H18FN3/c1-10-12-6-4-5-11(9-17)15(12)19(18-10)14-8-3-2-7-13(14)16/h2-3,7-8,11H,4-6,9,17H2,1H3. The number of hydrogen-bond acceptors (Lipinski definition) is 2. The van der Waals surface area contributed by atoms with Crippen molar-refractivity contribution in [3.05, 3.63) is 47.0 Å². The largest absolute Gasteiger partial charge is 0.330 e. The van der Waals surface area contributed by atoms with Crippen molar-refractivity contribution in [1.29, 1.82) is 0 Å². The van der Waals surface area contributed by atoms with E-state index in [2.05, 4.69) is 5.10 Å². The highest BCUT2D eigenvalue weighted by Crippen LogP contribution is 2.34. The number of hydrogen-bond donors (Lipinski definition) is 1. The lowest BCUT2D eigenvalue weighted by Crippen LogP contribution is -2.21. The van der Waals surface area contributed by atoms with Gasteiger partial charge in [-0.25, -0.2) is 9.07 Å². The van der Waals surface area contributed by atoms with Crippen LogP contribution in [0.25, 0.3) is 5.69 Å². The zero-order chi connectivity index (χ0) is 13.4. The van der Waals surface area contributed by atoms with Crippen LogP contribution < -0.4 is 5.73 Å². The molecule has 1 aliphatic rings. The van der Waals surface area contributed by atoms with Crippen LogP contribution in [-0.2, 0) is 6.42 Å². The molecule has 1 unspecified atom stereocenters. The van der Waals surface area contributed by atoms with E-state index in [0.29, 0.717) is 12.2 Å². The fourth-order valence-corrected chi connectivity index (χ4v) is 3.00. The summed E-state index contributed by atoms with van der Waals surface area (Å²) in [5.41, 5.74) is 9.76. The third kappa shape index (κ3) is 1.96. The summed E-state index contributed by atoms with van der Waals surface area (Å²) in [6, 6.07) is 6.77. The van der Waals surface area contributed by atoms with Crippen LogP contribution in [0, 0.1) is 12.7 Å². The quantitative estimate of drug-likeness (QED) is 0.901. The van der Waals surface area contributed by atoms with Crippen molar-refractivity contribution in [3.8, 4) is 5.69 Å². The monoisotopic (exact) mass is 259 g/mol. The maximum Gasteiger partial charge on any atom is 0.148 e. The van der Waals surface area contributed by atoms with Crippen LogP contribution >= 0.6 is 0 Å². The molecule has 0 spiro atoms. The van der Waals surface area contributed by atoms with Crippen molar-refractivity contribution in [1.82, 2.24) is 9.78 Å². The normalized spacial score (nSPS) is 18.4. The van der Waals surface area contributed by atoms with Crippen molar-refractivity contribution in [2.75, 3.05) is 6.54 Å². The number of aromatic nitrogens is 2. The number of rotatable bonds is 2. The van der Waals surface area contributed by atoms with Crippen molar-refractivity contribution in [2.24, 2.45) is 5.73 Å². The van der Waals surface area contributed by atoms with Crippen LogP contribution in [0.4, 0.5) is 4.39 Å². The molecule has 0 aliphatic heterocycles. The maximum atomic E-state index is 14.0. The summed E-state index contributed by atoms with van der Waals surface area (Å²) in [7, 11) is 0. The minimum atomic E-state index is -0.242. The van der Waals surface area contributed by atoms with Crippen LogP contribution in [0.2, 0.25) is 0 Å². The van der Waals surface area contributed by atoms with Gasteiger partial charge in [0.25, 0.3) is 0 Å². The molecule has 0 saturated carbocycles. The van der Waals surface area contributed by atoms with Crippen LogP contribution in [-0.4, -0.2) is 16.3 Å². The van der Waals surface area contributed by atoms with Gasteiger partial charge in [-0.3, -0.25) is 0 Å². The lowest BCUT2D eigenvalue weighted by Gasteiger charge is -2.23. The number of nitrogens with zero attached hydrogens (tertiary/aromatic N) is 2. The number of nitrogens with two attached hydrogens (primary N) is 1. The first-order valence-corrected chi connectivity index (χ1v) is 6.75. The lowest BCUT2D eigenvalue weighted by molar-refractivity contribution is 0.527. The fraction of sp³-hybridized carbons (Fsp3) is 0.400. The zero-order valence-electron chi connectivity index (χ0n) is 11.1. The highest BCUT2D eigenvalue weighted by atomic mass is 19.1. The molecule has 2 aromatic rings. The molecular weight excluding hydrogens is 241 g/mol. The fourth-order valence-electron chi connectivity index (χ4n) is 3.00. The molecule has 1 aromatic heterocycles. The van der Waals surface area contributed by atoms with E-state index < -0.39 is 0 Å². The van der Waals surface area contributed by atoms with E-state index in [1.165, 1.54) is 11.6 Å². The Balaban J connectivity index is 2.20. The predicted molar refractivity (Wildman–Crippen MR) is 73.0 cm³/mol. The van der Waals surface area contributed by atoms with Gasteiger partial charge >= 0.3 is 0 Å². The molecular formula is C15H18FN3. The van der Waals surface area contributed by atoms with Gasteiger partial charge in [-0.2, -0.15) is 5.10 Å². The van der Waals surface area contributed by atoms with Crippen molar-refractivity contribution < 1.29 is 4.39 Å². The second-order valence-corrected chi connectivity index (χ2v) is 5.14. The second kappa shape index (κ2) is 4.78. The Bertz CT molecular complexity index is 603. The lowest BCUT2D eigenvalue weighted by atomic mass is 9.86. The average Bonchev–Trinajstić information content (AvgIpc) is 2.77. The molecule has 0 radical (unpaired) electrons. The molecule has 0 bridgehead atoms. The minimum absolute atomic E-state index is 0.242. The Morgan fingerprint density at radius 3 is 2.95 bits per heavy atom. The summed E-state index contributed by atoms with van der Waals surface area (Å²) in [6.07, 6.45) is 3.22. The third-order valence-electron chi connectivity index (χ3n) is 3.96. The number of benzene rings is 1. The van der Waals surface area contributed by atoms with Gasteiger partial charge in [0.1, 0.15) is 11.5 Å². The maximum absolute atomic E-state index is 14.0. The molecule has 0 saturated heterocycles. The van der Waals surface area contributed by atoms with E-state index >= 15 is 0 Å². The molecule has 1 aromatic carbocycles. The Labute approximate surface area is 112 Å². The van der Waals surface area contributed by atoms with E-state index in [1.807, 2.05) is 13.0 Å². The first-order valence-electron chi connectivity index (χ1n) is 6.75. The van der Waals surface area contributed by atoms with E-state index in [1.54, 1.807) is 16.8 Å². The number of para-hydroxylation sites is 1. The van der Waals surface area contributed by atoms with Gasteiger partial charge < -0.3 is 5.73 Å². The number of halogens is 1. The molecule has 19 heavy (non-hydrogen) atoms. The first kappa shape index (κ1) is 12.4. The summed E-state index contributed by atoms with van der Waals surface area (Å²) < 4.78 is 15.8. The SMILES string of the molecule is Cc1nn(-c2ccccc2F)c2c1CCCC2CN. The van der Waals surface area contributed by atoms with Gasteiger partial charge in [-0.15, -0.1) is 0 Å². The molecule has 1 aliphatic carbocycles. The molecule has 3 rings (SSSR count). The molecule has 1 heterocycles. The summed E-state index contributed by atoms with van der Waals surface area (Å²) in [6.45, 7) is 2.58.